The van der Waals surface area contributed by atoms with Gasteiger partial charge in [0, 0.05) is 19.0 Å². The van der Waals surface area contributed by atoms with E-state index in [1.807, 2.05) is 0 Å². The van der Waals surface area contributed by atoms with Crippen molar-refractivity contribution >= 4 is 11.8 Å². The third-order valence-electron chi connectivity index (χ3n) is 1.90. The van der Waals surface area contributed by atoms with Gasteiger partial charge in [0.1, 0.15) is 0 Å². The zero-order valence-corrected chi connectivity index (χ0v) is 7.45. The Morgan fingerprint density at radius 3 is 3.10 bits per heavy atom. The highest BCUT2D eigenvalue weighted by atomic mass is 32.2. The van der Waals surface area contributed by atoms with Crippen molar-refractivity contribution in [2.24, 2.45) is 0 Å². The van der Waals surface area contributed by atoms with Crippen LogP contribution >= 0.6 is 11.8 Å². The van der Waals surface area contributed by atoms with Crippen LogP contribution in [0.1, 0.15) is 25.7 Å². The topological polar surface area (TPSA) is 9.23 Å². The monoisotopic (exact) mass is 160 g/mol. The van der Waals surface area contributed by atoms with Gasteiger partial charge >= 0.3 is 0 Å². The van der Waals surface area contributed by atoms with Gasteiger partial charge in [-0.15, -0.1) is 0 Å². The average Bonchev–Trinajstić information content (AvgIpc) is 2.41. The minimum absolute atomic E-state index is 0.942. The van der Waals surface area contributed by atoms with Crippen molar-refractivity contribution in [2.45, 2.75) is 30.9 Å². The molecule has 0 aromatic heterocycles. The van der Waals surface area contributed by atoms with E-state index in [2.05, 4.69) is 11.8 Å². The largest absolute Gasteiger partial charge is 0.385 e. The van der Waals surface area contributed by atoms with Crippen molar-refractivity contribution in [3.63, 3.8) is 0 Å². The van der Waals surface area contributed by atoms with Crippen molar-refractivity contribution in [1.29, 1.82) is 0 Å². The predicted octanol–water partition coefficient (Wildman–Crippen LogP) is 2.31. The van der Waals surface area contributed by atoms with Crippen molar-refractivity contribution in [2.75, 3.05) is 19.5 Å². The summed E-state index contributed by atoms with van der Waals surface area (Å²) in [4.78, 5) is 0. The quantitative estimate of drug-likeness (QED) is 0.584. The first-order chi connectivity index (χ1) is 4.93. The van der Waals surface area contributed by atoms with Crippen molar-refractivity contribution in [3.05, 3.63) is 0 Å². The Morgan fingerprint density at radius 1 is 1.60 bits per heavy atom. The van der Waals surface area contributed by atoms with Crippen LogP contribution in [0.25, 0.3) is 0 Å². The minimum Gasteiger partial charge on any atom is -0.385 e. The smallest absolute Gasteiger partial charge is 0.0462 e. The van der Waals surface area contributed by atoms with E-state index in [1.165, 1.54) is 31.4 Å². The van der Waals surface area contributed by atoms with Crippen LogP contribution in [0.15, 0.2) is 0 Å². The maximum Gasteiger partial charge on any atom is 0.0462 e. The lowest BCUT2D eigenvalue weighted by atomic mass is 10.2. The summed E-state index contributed by atoms with van der Waals surface area (Å²) >= 11 is 2.14. The summed E-state index contributed by atoms with van der Waals surface area (Å²) in [5.74, 6) is 1.39. The molecule has 1 fully saturated rings. The van der Waals surface area contributed by atoms with Crippen LogP contribution in [0.3, 0.4) is 0 Å². The van der Waals surface area contributed by atoms with Crippen LogP contribution in [0.2, 0.25) is 0 Å². The Labute approximate surface area is 67.5 Å². The van der Waals surface area contributed by atoms with Gasteiger partial charge in [0.25, 0.3) is 0 Å². The Bertz CT molecular complexity index is 79.3. The molecular formula is C8H16OS. The van der Waals surface area contributed by atoms with Crippen LogP contribution in [-0.2, 0) is 4.74 Å². The summed E-state index contributed by atoms with van der Waals surface area (Å²) in [6.07, 6.45) is 5.48. The van der Waals surface area contributed by atoms with E-state index < -0.39 is 0 Å². The van der Waals surface area contributed by atoms with Gasteiger partial charge < -0.3 is 4.74 Å². The molecule has 0 saturated carbocycles. The Morgan fingerprint density at radius 2 is 2.50 bits per heavy atom. The summed E-state index contributed by atoms with van der Waals surface area (Å²) < 4.78 is 4.99. The van der Waals surface area contributed by atoms with Gasteiger partial charge in [0.05, 0.1) is 0 Å². The molecule has 0 spiro atoms. The SMILES string of the molecule is COCCCC1CCCS1. The van der Waals surface area contributed by atoms with Crippen molar-refractivity contribution < 1.29 is 4.74 Å². The molecule has 1 heterocycles. The van der Waals surface area contributed by atoms with Crippen LogP contribution in [0.4, 0.5) is 0 Å². The Hall–Kier alpha value is 0.310. The van der Waals surface area contributed by atoms with E-state index in [9.17, 15) is 0 Å². The Balaban J connectivity index is 1.91. The molecule has 1 rings (SSSR count). The highest BCUT2D eigenvalue weighted by Gasteiger charge is 2.14. The summed E-state index contributed by atoms with van der Waals surface area (Å²) in [5.41, 5.74) is 0. The lowest BCUT2D eigenvalue weighted by molar-refractivity contribution is 0.192. The maximum atomic E-state index is 4.99. The molecule has 0 bridgehead atoms. The summed E-state index contributed by atoms with van der Waals surface area (Å²) in [5, 5.41) is 0.954. The molecule has 1 nitrogen and oxygen atoms in total. The van der Waals surface area contributed by atoms with Gasteiger partial charge in [-0.3, -0.25) is 0 Å². The summed E-state index contributed by atoms with van der Waals surface area (Å²) in [6.45, 7) is 0.942. The number of ether oxygens (including phenoxy) is 1. The number of hydrogen-bond donors (Lipinski definition) is 0. The van der Waals surface area contributed by atoms with Crippen LogP contribution < -0.4 is 0 Å². The van der Waals surface area contributed by atoms with Gasteiger partial charge in [-0.25, -0.2) is 0 Å². The first kappa shape index (κ1) is 8.41. The minimum atomic E-state index is 0.942. The highest BCUT2D eigenvalue weighted by Crippen LogP contribution is 2.29. The summed E-state index contributed by atoms with van der Waals surface area (Å²) in [6, 6.07) is 0. The third-order valence-corrected chi connectivity index (χ3v) is 3.37. The third kappa shape index (κ3) is 2.93. The fraction of sp³-hybridized carbons (Fsp3) is 1.00. The number of rotatable bonds is 4. The van der Waals surface area contributed by atoms with Crippen LogP contribution in [0.5, 0.6) is 0 Å². The van der Waals surface area contributed by atoms with Crippen molar-refractivity contribution in [3.8, 4) is 0 Å². The molecule has 1 aliphatic rings. The van der Waals surface area contributed by atoms with E-state index in [1.54, 1.807) is 7.11 Å². The first-order valence-corrected chi connectivity index (χ1v) is 5.09. The van der Waals surface area contributed by atoms with Gasteiger partial charge in [-0.1, -0.05) is 0 Å². The van der Waals surface area contributed by atoms with Gasteiger partial charge in [-0.05, 0) is 31.4 Å². The summed E-state index contributed by atoms with van der Waals surface area (Å²) in [7, 11) is 1.78. The van der Waals surface area contributed by atoms with Crippen molar-refractivity contribution in [1.82, 2.24) is 0 Å². The second-order valence-electron chi connectivity index (χ2n) is 2.77. The van der Waals surface area contributed by atoms with Gasteiger partial charge in [0.2, 0.25) is 0 Å². The first-order valence-electron chi connectivity index (χ1n) is 4.04. The molecule has 0 radical (unpaired) electrons. The molecule has 0 N–H and O–H groups in total. The lowest BCUT2D eigenvalue weighted by Gasteiger charge is -2.05. The zero-order chi connectivity index (χ0) is 7.23. The molecular weight excluding hydrogens is 144 g/mol. The normalized spacial score (nSPS) is 25.5. The number of thioether (sulfide) groups is 1. The maximum absolute atomic E-state index is 4.99. The van der Waals surface area contributed by atoms with E-state index in [0.29, 0.717) is 0 Å². The fourth-order valence-corrected chi connectivity index (χ4v) is 2.66. The van der Waals surface area contributed by atoms with Gasteiger partial charge in [0.15, 0.2) is 0 Å². The molecule has 60 valence electrons. The molecule has 0 aromatic carbocycles. The number of methoxy groups -OCH3 is 1. The predicted molar refractivity (Wildman–Crippen MR) is 46.6 cm³/mol. The van der Waals surface area contributed by atoms with Gasteiger partial charge in [-0.2, -0.15) is 11.8 Å². The Kier molecular flexibility index (Phi) is 4.23. The van der Waals surface area contributed by atoms with E-state index in [0.717, 1.165) is 11.9 Å². The van der Waals surface area contributed by atoms with E-state index in [4.69, 9.17) is 4.74 Å². The van der Waals surface area contributed by atoms with E-state index >= 15 is 0 Å². The molecule has 10 heavy (non-hydrogen) atoms. The molecule has 2 heteroatoms. The van der Waals surface area contributed by atoms with E-state index in [-0.39, 0.29) is 0 Å². The van der Waals surface area contributed by atoms with Crippen LogP contribution in [0, 0.1) is 0 Å². The highest BCUT2D eigenvalue weighted by molar-refractivity contribution is 8.00. The number of hydrogen-bond acceptors (Lipinski definition) is 2. The fourth-order valence-electron chi connectivity index (χ4n) is 1.33. The zero-order valence-electron chi connectivity index (χ0n) is 6.64. The standard InChI is InChI=1S/C8H16OS/c1-9-6-2-4-8-5-3-7-10-8/h8H,2-7H2,1H3. The lowest BCUT2D eigenvalue weighted by Crippen LogP contribution is -1.98. The molecule has 0 aliphatic carbocycles. The second kappa shape index (κ2) is 5.03. The molecule has 1 unspecified atom stereocenters. The molecule has 1 saturated heterocycles. The molecule has 0 aromatic rings. The molecule has 0 amide bonds. The second-order valence-corrected chi connectivity index (χ2v) is 4.18. The van der Waals surface area contributed by atoms with Crippen LogP contribution in [-0.4, -0.2) is 24.7 Å². The molecule has 1 atom stereocenters. The molecule has 1 aliphatic heterocycles. The average molecular weight is 160 g/mol.